The van der Waals surface area contributed by atoms with Crippen LogP contribution in [-0.4, -0.2) is 31.9 Å². The lowest BCUT2D eigenvalue weighted by Gasteiger charge is -2.04. The summed E-state index contributed by atoms with van der Waals surface area (Å²) in [6.45, 7) is 0. The molecular weight excluding hydrogens is 224 g/mol. The molecular formula is C10H8N4O3. The first-order valence-corrected chi connectivity index (χ1v) is 4.66. The second-order valence-electron chi connectivity index (χ2n) is 3.19. The Balaban J connectivity index is 2.12. The molecule has 86 valence electrons. The maximum Gasteiger partial charge on any atom is 0.335 e. The molecule has 0 aliphatic carbocycles. The van der Waals surface area contributed by atoms with E-state index in [-0.39, 0.29) is 11.5 Å². The van der Waals surface area contributed by atoms with E-state index in [0.29, 0.717) is 5.56 Å². The number of carbonyl (C=O) groups excluding carboxylic acids is 1. The third-order valence-electron chi connectivity index (χ3n) is 2.04. The number of carboxylic acid groups (broad SMARTS) is 1. The summed E-state index contributed by atoms with van der Waals surface area (Å²) in [5.74, 6) is -1.41. The zero-order valence-corrected chi connectivity index (χ0v) is 8.57. The lowest BCUT2D eigenvalue weighted by Crippen LogP contribution is -2.21. The SMILES string of the molecule is O=C(O)c1ccc(C(=O)Nn2cnnc2)cc1. The maximum atomic E-state index is 11.7. The van der Waals surface area contributed by atoms with E-state index in [0.717, 1.165) is 0 Å². The van der Waals surface area contributed by atoms with Gasteiger partial charge < -0.3 is 5.11 Å². The van der Waals surface area contributed by atoms with E-state index >= 15 is 0 Å². The number of amides is 1. The average Bonchev–Trinajstić information content (AvgIpc) is 2.82. The van der Waals surface area contributed by atoms with Gasteiger partial charge in [0, 0.05) is 5.56 Å². The van der Waals surface area contributed by atoms with Crippen LogP contribution in [0.1, 0.15) is 20.7 Å². The smallest absolute Gasteiger partial charge is 0.335 e. The zero-order valence-electron chi connectivity index (χ0n) is 8.57. The summed E-state index contributed by atoms with van der Waals surface area (Å²) in [5, 5.41) is 15.8. The molecule has 0 aliphatic rings. The van der Waals surface area contributed by atoms with Gasteiger partial charge in [-0.25, -0.2) is 9.47 Å². The minimum absolute atomic E-state index is 0.130. The number of nitrogens with zero attached hydrogens (tertiary/aromatic N) is 3. The molecule has 2 N–H and O–H groups in total. The first-order valence-electron chi connectivity index (χ1n) is 4.66. The van der Waals surface area contributed by atoms with Crippen LogP contribution in [0.3, 0.4) is 0 Å². The highest BCUT2D eigenvalue weighted by Gasteiger charge is 2.07. The molecule has 0 fully saturated rings. The van der Waals surface area contributed by atoms with Crippen LogP contribution in [0.2, 0.25) is 0 Å². The second-order valence-corrected chi connectivity index (χ2v) is 3.19. The highest BCUT2D eigenvalue weighted by atomic mass is 16.4. The summed E-state index contributed by atoms with van der Waals surface area (Å²) >= 11 is 0. The Hall–Kier alpha value is -2.70. The van der Waals surface area contributed by atoms with Crippen molar-refractivity contribution < 1.29 is 14.7 Å². The van der Waals surface area contributed by atoms with Crippen molar-refractivity contribution in [3.63, 3.8) is 0 Å². The summed E-state index contributed by atoms with van der Waals surface area (Å²) in [6.07, 6.45) is 2.67. The van der Waals surface area contributed by atoms with Gasteiger partial charge in [0.25, 0.3) is 5.91 Å². The first kappa shape index (κ1) is 10.8. The Kier molecular flexibility index (Phi) is 2.82. The molecule has 0 radical (unpaired) electrons. The molecule has 7 heteroatoms. The van der Waals surface area contributed by atoms with E-state index in [4.69, 9.17) is 5.11 Å². The van der Waals surface area contributed by atoms with Crippen LogP contribution in [0.15, 0.2) is 36.9 Å². The fraction of sp³-hybridized carbons (Fsp3) is 0. The quantitative estimate of drug-likeness (QED) is 0.796. The van der Waals surface area contributed by atoms with Crippen molar-refractivity contribution in [3.8, 4) is 0 Å². The third-order valence-corrected chi connectivity index (χ3v) is 2.04. The predicted molar refractivity (Wildman–Crippen MR) is 57.1 cm³/mol. The normalized spacial score (nSPS) is 9.88. The van der Waals surface area contributed by atoms with E-state index in [2.05, 4.69) is 15.6 Å². The number of benzene rings is 1. The molecule has 1 amide bonds. The minimum atomic E-state index is -1.03. The summed E-state index contributed by atoms with van der Waals surface area (Å²) < 4.78 is 1.30. The van der Waals surface area contributed by atoms with Gasteiger partial charge in [0.2, 0.25) is 0 Å². The Labute approximate surface area is 95.7 Å². The van der Waals surface area contributed by atoms with Crippen molar-refractivity contribution in [1.29, 1.82) is 0 Å². The number of carbonyl (C=O) groups is 2. The Morgan fingerprint density at radius 1 is 1.06 bits per heavy atom. The van der Waals surface area contributed by atoms with Crippen LogP contribution in [-0.2, 0) is 0 Å². The number of nitrogens with one attached hydrogen (secondary N) is 1. The lowest BCUT2D eigenvalue weighted by atomic mass is 10.1. The third kappa shape index (κ3) is 2.46. The molecule has 0 atom stereocenters. The van der Waals surface area contributed by atoms with Crippen LogP contribution < -0.4 is 5.43 Å². The monoisotopic (exact) mass is 232 g/mol. The van der Waals surface area contributed by atoms with Gasteiger partial charge in [-0.2, -0.15) is 0 Å². The van der Waals surface area contributed by atoms with Gasteiger partial charge in [0.05, 0.1) is 5.56 Å². The van der Waals surface area contributed by atoms with Crippen molar-refractivity contribution in [2.24, 2.45) is 0 Å². The molecule has 1 aromatic carbocycles. The van der Waals surface area contributed by atoms with Crippen LogP contribution >= 0.6 is 0 Å². The number of hydrogen-bond acceptors (Lipinski definition) is 4. The number of aromatic nitrogens is 3. The topological polar surface area (TPSA) is 97.1 Å². The molecule has 0 saturated heterocycles. The van der Waals surface area contributed by atoms with Gasteiger partial charge >= 0.3 is 5.97 Å². The summed E-state index contributed by atoms with van der Waals surface area (Å²) in [7, 11) is 0. The molecule has 17 heavy (non-hydrogen) atoms. The molecule has 0 spiro atoms. The van der Waals surface area contributed by atoms with Gasteiger partial charge in [0.15, 0.2) is 0 Å². The summed E-state index contributed by atoms with van der Waals surface area (Å²) in [4.78, 5) is 22.3. The van der Waals surface area contributed by atoms with E-state index in [1.54, 1.807) is 0 Å². The molecule has 0 aliphatic heterocycles. The molecule has 1 aromatic heterocycles. The number of hydrogen-bond donors (Lipinski definition) is 2. The van der Waals surface area contributed by atoms with Crippen LogP contribution in [0.4, 0.5) is 0 Å². The second kappa shape index (κ2) is 4.44. The van der Waals surface area contributed by atoms with Gasteiger partial charge in [-0.1, -0.05) is 0 Å². The van der Waals surface area contributed by atoms with Crippen molar-refractivity contribution >= 4 is 11.9 Å². The molecule has 0 unspecified atom stereocenters. The van der Waals surface area contributed by atoms with Gasteiger partial charge in [-0.3, -0.25) is 10.2 Å². The van der Waals surface area contributed by atoms with Crippen molar-refractivity contribution in [2.45, 2.75) is 0 Å². The number of rotatable bonds is 3. The fourth-order valence-corrected chi connectivity index (χ4v) is 1.20. The highest BCUT2D eigenvalue weighted by Crippen LogP contribution is 2.04. The molecule has 2 rings (SSSR count). The van der Waals surface area contributed by atoms with E-state index in [9.17, 15) is 9.59 Å². The van der Waals surface area contributed by atoms with Gasteiger partial charge in [0.1, 0.15) is 12.7 Å². The molecule has 0 bridgehead atoms. The number of carboxylic acids is 1. The average molecular weight is 232 g/mol. The van der Waals surface area contributed by atoms with Crippen LogP contribution in [0, 0.1) is 0 Å². The standard InChI is InChI=1S/C10H8N4O3/c15-9(13-14-5-11-12-6-14)7-1-3-8(4-2-7)10(16)17/h1-6H,(H,13,15)(H,16,17). The largest absolute Gasteiger partial charge is 0.478 e. The van der Waals surface area contributed by atoms with Crippen molar-refractivity contribution in [3.05, 3.63) is 48.0 Å². The molecule has 2 aromatic rings. The molecule has 7 nitrogen and oxygen atoms in total. The first-order chi connectivity index (χ1) is 8.16. The Morgan fingerprint density at radius 3 is 2.12 bits per heavy atom. The lowest BCUT2D eigenvalue weighted by molar-refractivity contribution is 0.0696. The molecule has 1 heterocycles. The Bertz CT molecular complexity index is 533. The maximum absolute atomic E-state index is 11.7. The fourth-order valence-electron chi connectivity index (χ4n) is 1.20. The van der Waals surface area contributed by atoms with Crippen LogP contribution in [0.5, 0.6) is 0 Å². The summed E-state index contributed by atoms with van der Waals surface area (Å²) in [6, 6.07) is 5.60. The summed E-state index contributed by atoms with van der Waals surface area (Å²) in [5.41, 5.74) is 2.97. The highest BCUT2D eigenvalue weighted by molar-refractivity contribution is 6.00. The van der Waals surface area contributed by atoms with Crippen molar-refractivity contribution in [1.82, 2.24) is 14.9 Å². The van der Waals surface area contributed by atoms with Gasteiger partial charge in [-0.05, 0) is 24.3 Å². The van der Waals surface area contributed by atoms with E-state index in [1.165, 1.54) is 41.6 Å². The van der Waals surface area contributed by atoms with E-state index < -0.39 is 5.97 Å². The predicted octanol–water partition coefficient (Wildman–Crippen LogP) is 0.360. The minimum Gasteiger partial charge on any atom is -0.478 e. The number of aromatic carboxylic acids is 1. The zero-order chi connectivity index (χ0) is 12.3. The van der Waals surface area contributed by atoms with E-state index in [1.807, 2.05) is 0 Å². The van der Waals surface area contributed by atoms with Crippen LogP contribution in [0.25, 0.3) is 0 Å². The Morgan fingerprint density at radius 2 is 1.59 bits per heavy atom. The van der Waals surface area contributed by atoms with Crippen molar-refractivity contribution in [2.75, 3.05) is 5.43 Å². The van der Waals surface area contributed by atoms with Gasteiger partial charge in [-0.15, -0.1) is 10.2 Å². The molecule has 0 saturated carbocycles.